The van der Waals surface area contributed by atoms with Crippen LogP contribution in [-0.2, 0) is 10.0 Å². The Morgan fingerprint density at radius 3 is 2.38 bits per heavy atom. The molecular weight excluding hydrogens is 284 g/mol. The number of rotatable bonds is 6. The van der Waals surface area contributed by atoms with Crippen LogP contribution in [0.15, 0.2) is 11.0 Å². The Morgan fingerprint density at radius 2 is 1.86 bits per heavy atom. The van der Waals surface area contributed by atoms with E-state index in [9.17, 15) is 8.42 Å². The van der Waals surface area contributed by atoms with E-state index in [1.165, 1.54) is 0 Å². The van der Waals surface area contributed by atoms with Gasteiger partial charge in [-0.3, -0.25) is 0 Å². The molecule has 1 fully saturated rings. The van der Waals surface area contributed by atoms with E-state index in [4.69, 9.17) is 5.73 Å². The van der Waals surface area contributed by atoms with E-state index >= 15 is 0 Å². The third-order valence-corrected chi connectivity index (χ3v) is 6.29. The van der Waals surface area contributed by atoms with Crippen LogP contribution in [0.1, 0.15) is 49.3 Å². The van der Waals surface area contributed by atoms with Gasteiger partial charge in [0.05, 0.1) is 4.90 Å². The summed E-state index contributed by atoms with van der Waals surface area (Å²) in [7, 11) is -3.50. The predicted octanol–water partition coefficient (Wildman–Crippen LogP) is 3.05. The van der Waals surface area contributed by atoms with Gasteiger partial charge in [0.2, 0.25) is 10.0 Å². The Hall–Kier alpha value is -1.07. The molecule has 1 aromatic rings. The second kappa shape index (κ2) is 5.61. The second-order valence-corrected chi connectivity index (χ2v) is 8.16. The minimum Gasteiger partial charge on any atom is -0.398 e. The van der Waals surface area contributed by atoms with Crippen molar-refractivity contribution in [3.8, 4) is 0 Å². The van der Waals surface area contributed by atoms with Crippen LogP contribution in [0.2, 0.25) is 0 Å². The largest absolute Gasteiger partial charge is 0.398 e. The third-order valence-electron chi connectivity index (χ3n) is 4.60. The fourth-order valence-corrected chi connectivity index (χ4v) is 4.77. The Morgan fingerprint density at radius 1 is 1.24 bits per heavy atom. The van der Waals surface area contributed by atoms with E-state index in [0.29, 0.717) is 22.7 Å². The number of nitrogen functional groups attached to an aromatic ring is 1. The molecule has 1 saturated carbocycles. The highest BCUT2D eigenvalue weighted by Gasteiger charge is 2.42. The summed E-state index contributed by atoms with van der Waals surface area (Å²) in [6.45, 7) is 8.19. The number of sulfonamides is 1. The summed E-state index contributed by atoms with van der Waals surface area (Å²) in [6.07, 6.45) is 4.43. The predicted molar refractivity (Wildman–Crippen MR) is 86.8 cm³/mol. The summed E-state index contributed by atoms with van der Waals surface area (Å²) >= 11 is 0. The molecule has 1 aromatic carbocycles. The quantitative estimate of drug-likeness (QED) is 0.793. The molecule has 0 spiro atoms. The van der Waals surface area contributed by atoms with Crippen molar-refractivity contribution in [2.24, 2.45) is 5.41 Å². The van der Waals surface area contributed by atoms with Crippen molar-refractivity contribution in [3.63, 3.8) is 0 Å². The highest BCUT2D eigenvalue weighted by atomic mass is 32.2. The topological polar surface area (TPSA) is 72.2 Å². The van der Waals surface area contributed by atoms with Crippen LogP contribution in [0.5, 0.6) is 0 Å². The van der Waals surface area contributed by atoms with E-state index < -0.39 is 10.0 Å². The zero-order chi connectivity index (χ0) is 15.8. The molecule has 0 amide bonds. The number of benzene rings is 1. The minimum absolute atomic E-state index is 0.194. The first-order valence-electron chi connectivity index (χ1n) is 7.58. The molecule has 0 unspecified atom stereocenters. The van der Waals surface area contributed by atoms with Gasteiger partial charge in [-0.15, -0.1) is 0 Å². The summed E-state index contributed by atoms with van der Waals surface area (Å²) < 4.78 is 28.1. The highest BCUT2D eigenvalue weighted by Crippen LogP contribution is 2.49. The monoisotopic (exact) mass is 310 g/mol. The average molecular weight is 310 g/mol. The fourth-order valence-electron chi connectivity index (χ4n) is 3.14. The maximum absolute atomic E-state index is 12.6. The van der Waals surface area contributed by atoms with Gasteiger partial charge in [-0.2, -0.15) is 0 Å². The van der Waals surface area contributed by atoms with E-state index in [-0.39, 0.29) is 5.41 Å². The van der Waals surface area contributed by atoms with E-state index in [1.807, 2.05) is 19.9 Å². The number of aryl methyl sites for hydroxylation is 2. The first-order chi connectivity index (χ1) is 9.72. The lowest BCUT2D eigenvalue weighted by Crippen LogP contribution is -2.31. The lowest BCUT2D eigenvalue weighted by Gasteiger charge is -2.18. The molecule has 3 N–H and O–H groups in total. The lowest BCUT2D eigenvalue weighted by molar-refractivity contribution is 0.449. The smallest absolute Gasteiger partial charge is 0.241 e. The summed E-state index contributed by atoms with van der Waals surface area (Å²) in [5, 5.41) is 0. The summed E-state index contributed by atoms with van der Waals surface area (Å²) in [4.78, 5) is 0.345. The molecule has 21 heavy (non-hydrogen) atoms. The summed E-state index contributed by atoms with van der Waals surface area (Å²) in [5.74, 6) is 0. The molecule has 0 bridgehead atoms. The third kappa shape index (κ3) is 3.24. The van der Waals surface area contributed by atoms with Crippen molar-refractivity contribution in [2.75, 3.05) is 12.3 Å². The average Bonchev–Trinajstić information content (AvgIpc) is 3.14. The summed E-state index contributed by atoms with van der Waals surface area (Å²) in [6, 6.07) is 1.84. The molecule has 2 rings (SSSR count). The normalized spacial score (nSPS) is 17.0. The number of hydrogen-bond donors (Lipinski definition) is 2. The molecule has 0 radical (unpaired) electrons. The molecule has 118 valence electrons. The van der Waals surface area contributed by atoms with Crippen LogP contribution in [0.4, 0.5) is 5.69 Å². The first kappa shape index (κ1) is 16.3. The first-order valence-corrected chi connectivity index (χ1v) is 9.07. The van der Waals surface area contributed by atoms with Crippen LogP contribution in [0.3, 0.4) is 0 Å². The van der Waals surface area contributed by atoms with Crippen LogP contribution in [-0.4, -0.2) is 15.0 Å². The van der Waals surface area contributed by atoms with Crippen LogP contribution in [0, 0.1) is 26.2 Å². The molecule has 5 heteroatoms. The number of hydrogen-bond acceptors (Lipinski definition) is 3. The molecule has 4 nitrogen and oxygen atoms in total. The maximum Gasteiger partial charge on any atom is 0.241 e. The van der Waals surface area contributed by atoms with Crippen LogP contribution < -0.4 is 10.5 Å². The molecular formula is C16H26N2O2S. The lowest BCUT2D eigenvalue weighted by atomic mass is 10.0. The number of anilines is 1. The molecule has 1 aliphatic rings. The SMILES string of the molecule is CCCC1(CNS(=O)(=O)c2c(C)cc(C)c(N)c2C)CC1. The van der Waals surface area contributed by atoms with Crippen molar-refractivity contribution in [3.05, 3.63) is 22.8 Å². The standard InChI is InChI=1S/C16H26N2O2S/c1-5-6-16(7-8-16)10-18-21(19,20)15-12(3)9-11(2)14(17)13(15)4/h9,18H,5-8,10,17H2,1-4H3. The van der Waals surface area contributed by atoms with Crippen molar-refractivity contribution < 1.29 is 8.42 Å². The van der Waals surface area contributed by atoms with E-state index in [0.717, 1.165) is 36.8 Å². The Kier molecular flexibility index (Phi) is 4.36. The van der Waals surface area contributed by atoms with Gasteiger partial charge < -0.3 is 5.73 Å². The Bertz CT molecular complexity index is 647. The molecule has 0 saturated heterocycles. The van der Waals surface area contributed by atoms with Gasteiger partial charge in [-0.1, -0.05) is 19.4 Å². The maximum atomic E-state index is 12.6. The van der Waals surface area contributed by atoms with Gasteiger partial charge in [-0.05, 0) is 62.1 Å². The molecule has 0 atom stereocenters. The van der Waals surface area contributed by atoms with Gasteiger partial charge in [0.25, 0.3) is 0 Å². The van der Waals surface area contributed by atoms with Crippen molar-refractivity contribution in [1.29, 1.82) is 0 Å². The molecule has 0 aliphatic heterocycles. The van der Waals surface area contributed by atoms with Gasteiger partial charge in [0.1, 0.15) is 0 Å². The number of nitrogens with two attached hydrogens (primary N) is 1. The Balaban J connectivity index is 2.27. The van der Waals surface area contributed by atoms with Crippen molar-refractivity contribution in [2.45, 2.75) is 58.3 Å². The highest BCUT2D eigenvalue weighted by molar-refractivity contribution is 7.89. The van der Waals surface area contributed by atoms with Crippen molar-refractivity contribution >= 4 is 15.7 Å². The molecule has 0 heterocycles. The van der Waals surface area contributed by atoms with Gasteiger partial charge >= 0.3 is 0 Å². The van der Waals surface area contributed by atoms with Crippen LogP contribution in [0.25, 0.3) is 0 Å². The van der Waals surface area contributed by atoms with Crippen molar-refractivity contribution in [1.82, 2.24) is 4.72 Å². The molecule has 1 aliphatic carbocycles. The zero-order valence-electron chi connectivity index (χ0n) is 13.4. The van der Waals surface area contributed by atoms with Gasteiger partial charge in [-0.25, -0.2) is 13.1 Å². The van der Waals surface area contributed by atoms with E-state index in [2.05, 4.69) is 11.6 Å². The van der Waals surface area contributed by atoms with Gasteiger partial charge in [0, 0.05) is 12.2 Å². The minimum atomic E-state index is -3.50. The summed E-state index contributed by atoms with van der Waals surface area (Å²) in [5.41, 5.74) is 9.09. The molecule has 0 aromatic heterocycles. The second-order valence-electron chi connectivity index (χ2n) is 6.45. The Labute approximate surface area is 128 Å². The fraction of sp³-hybridized carbons (Fsp3) is 0.625. The number of nitrogens with one attached hydrogen (secondary N) is 1. The van der Waals surface area contributed by atoms with E-state index in [1.54, 1.807) is 6.92 Å². The zero-order valence-corrected chi connectivity index (χ0v) is 14.2. The van der Waals surface area contributed by atoms with Gasteiger partial charge in [0.15, 0.2) is 0 Å². The van der Waals surface area contributed by atoms with Crippen LogP contribution >= 0.6 is 0 Å².